The standard InChI is InChI=1S/C15H13BrClNO2/c1-9(16)14-12(15(19)20-2)7-8-13(18-14)10-3-5-11(17)6-4-10/h3-9H,1-2H3. The van der Waals surface area contributed by atoms with Crippen molar-refractivity contribution in [3.8, 4) is 11.3 Å². The number of pyridine rings is 1. The number of benzene rings is 1. The van der Waals surface area contributed by atoms with Gasteiger partial charge in [-0.3, -0.25) is 4.98 Å². The van der Waals surface area contributed by atoms with Crippen molar-refractivity contribution in [1.82, 2.24) is 4.98 Å². The molecule has 1 aromatic carbocycles. The molecule has 20 heavy (non-hydrogen) atoms. The van der Waals surface area contributed by atoms with E-state index >= 15 is 0 Å². The summed E-state index contributed by atoms with van der Waals surface area (Å²) in [5.74, 6) is -0.388. The minimum absolute atomic E-state index is 0.0520. The smallest absolute Gasteiger partial charge is 0.339 e. The maximum Gasteiger partial charge on any atom is 0.339 e. The van der Waals surface area contributed by atoms with Gasteiger partial charge in [0.05, 0.1) is 28.9 Å². The fourth-order valence-electron chi connectivity index (χ4n) is 1.84. The zero-order chi connectivity index (χ0) is 14.7. The van der Waals surface area contributed by atoms with E-state index in [1.165, 1.54) is 7.11 Å². The third-order valence-corrected chi connectivity index (χ3v) is 3.53. The molecule has 0 radical (unpaired) electrons. The van der Waals surface area contributed by atoms with Gasteiger partial charge >= 0.3 is 5.97 Å². The van der Waals surface area contributed by atoms with Crippen LogP contribution < -0.4 is 0 Å². The number of halogens is 2. The third-order valence-electron chi connectivity index (χ3n) is 2.85. The minimum atomic E-state index is -0.388. The van der Waals surface area contributed by atoms with Gasteiger partial charge in [-0.1, -0.05) is 39.7 Å². The molecule has 0 fully saturated rings. The maximum atomic E-state index is 11.7. The van der Waals surface area contributed by atoms with Crippen LogP contribution in [0.1, 0.15) is 27.8 Å². The summed E-state index contributed by atoms with van der Waals surface area (Å²) in [7, 11) is 1.36. The van der Waals surface area contributed by atoms with Crippen LogP contribution in [-0.4, -0.2) is 18.1 Å². The number of esters is 1. The summed E-state index contributed by atoms with van der Waals surface area (Å²) in [6, 6.07) is 10.9. The number of hydrogen-bond donors (Lipinski definition) is 0. The van der Waals surface area contributed by atoms with Crippen molar-refractivity contribution in [2.75, 3.05) is 7.11 Å². The first kappa shape index (κ1) is 15.0. The zero-order valence-corrected chi connectivity index (χ0v) is 13.4. The molecule has 0 N–H and O–H groups in total. The molecular formula is C15H13BrClNO2. The van der Waals surface area contributed by atoms with E-state index in [1.807, 2.05) is 31.2 Å². The van der Waals surface area contributed by atoms with Gasteiger partial charge in [0.1, 0.15) is 0 Å². The molecule has 0 saturated heterocycles. The molecule has 0 aliphatic heterocycles. The van der Waals surface area contributed by atoms with Gasteiger partial charge in [-0.2, -0.15) is 0 Å². The molecule has 2 rings (SSSR count). The minimum Gasteiger partial charge on any atom is -0.465 e. The van der Waals surface area contributed by atoms with E-state index in [0.29, 0.717) is 16.3 Å². The summed E-state index contributed by atoms with van der Waals surface area (Å²) in [6.07, 6.45) is 0. The first-order chi connectivity index (χ1) is 9.52. The molecule has 0 aliphatic rings. The lowest BCUT2D eigenvalue weighted by atomic mass is 10.1. The van der Waals surface area contributed by atoms with Crippen molar-refractivity contribution in [3.05, 3.63) is 52.7 Å². The second kappa shape index (κ2) is 6.37. The van der Waals surface area contributed by atoms with Crippen LogP contribution >= 0.6 is 27.5 Å². The van der Waals surface area contributed by atoms with Gasteiger partial charge in [-0.25, -0.2) is 4.79 Å². The highest BCUT2D eigenvalue weighted by Crippen LogP contribution is 2.28. The first-order valence-electron chi connectivity index (χ1n) is 6.02. The van der Waals surface area contributed by atoms with Crippen molar-refractivity contribution < 1.29 is 9.53 Å². The lowest BCUT2D eigenvalue weighted by Crippen LogP contribution is -2.08. The Morgan fingerprint density at radius 3 is 2.45 bits per heavy atom. The van der Waals surface area contributed by atoms with Crippen LogP contribution in [0.5, 0.6) is 0 Å². The molecule has 1 atom stereocenters. The second-order valence-corrected chi connectivity index (χ2v) is 6.05. The van der Waals surface area contributed by atoms with Gasteiger partial charge in [-0.05, 0) is 31.2 Å². The highest BCUT2D eigenvalue weighted by molar-refractivity contribution is 9.09. The van der Waals surface area contributed by atoms with Crippen LogP contribution in [0.4, 0.5) is 0 Å². The SMILES string of the molecule is COC(=O)c1ccc(-c2ccc(Cl)cc2)nc1C(C)Br. The molecule has 0 saturated carbocycles. The Balaban J connectivity index is 2.50. The summed E-state index contributed by atoms with van der Waals surface area (Å²) >= 11 is 9.34. The van der Waals surface area contributed by atoms with Crippen LogP contribution in [-0.2, 0) is 4.74 Å². The van der Waals surface area contributed by atoms with Gasteiger partial charge in [0.15, 0.2) is 0 Å². The number of nitrogens with zero attached hydrogens (tertiary/aromatic N) is 1. The number of methoxy groups -OCH3 is 1. The Labute approximate surface area is 131 Å². The number of alkyl halides is 1. The molecule has 1 aromatic heterocycles. The van der Waals surface area contributed by atoms with E-state index < -0.39 is 0 Å². The van der Waals surface area contributed by atoms with Crippen LogP contribution in [0.15, 0.2) is 36.4 Å². The molecule has 0 spiro atoms. The molecule has 2 aromatic rings. The quantitative estimate of drug-likeness (QED) is 0.595. The van der Waals surface area contributed by atoms with E-state index in [-0.39, 0.29) is 10.8 Å². The molecule has 104 valence electrons. The maximum absolute atomic E-state index is 11.7. The Bertz CT molecular complexity index is 626. The second-order valence-electron chi connectivity index (χ2n) is 4.24. The zero-order valence-electron chi connectivity index (χ0n) is 11.1. The normalized spacial score (nSPS) is 12.0. The number of ether oxygens (including phenoxy) is 1. The number of carbonyl (C=O) groups is 1. The Kier molecular flexibility index (Phi) is 4.78. The van der Waals surface area contributed by atoms with Crippen LogP contribution in [0.3, 0.4) is 0 Å². The molecule has 0 amide bonds. The molecule has 5 heteroatoms. The highest BCUT2D eigenvalue weighted by atomic mass is 79.9. The first-order valence-corrected chi connectivity index (χ1v) is 7.31. The van der Waals surface area contributed by atoms with E-state index in [9.17, 15) is 4.79 Å². The van der Waals surface area contributed by atoms with E-state index in [4.69, 9.17) is 16.3 Å². The van der Waals surface area contributed by atoms with Crippen molar-refractivity contribution >= 4 is 33.5 Å². The monoisotopic (exact) mass is 353 g/mol. The van der Waals surface area contributed by atoms with Crippen LogP contribution in [0.25, 0.3) is 11.3 Å². The van der Waals surface area contributed by atoms with E-state index in [2.05, 4.69) is 20.9 Å². The van der Waals surface area contributed by atoms with Crippen molar-refractivity contribution in [2.45, 2.75) is 11.8 Å². The summed E-state index contributed by atoms with van der Waals surface area (Å²) < 4.78 is 4.77. The lowest BCUT2D eigenvalue weighted by Gasteiger charge is -2.11. The number of aromatic nitrogens is 1. The fourth-order valence-corrected chi connectivity index (χ4v) is 2.32. The summed E-state index contributed by atoms with van der Waals surface area (Å²) in [5.41, 5.74) is 2.86. The van der Waals surface area contributed by atoms with Crippen LogP contribution in [0.2, 0.25) is 5.02 Å². The van der Waals surface area contributed by atoms with Crippen molar-refractivity contribution in [1.29, 1.82) is 0 Å². The van der Waals surface area contributed by atoms with E-state index in [0.717, 1.165) is 11.3 Å². The van der Waals surface area contributed by atoms with Gasteiger partial charge < -0.3 is 4.74 Å². The molecule has 0 aliphatic carbocycles. The largest absolute Gasteiger partial charge is 0.465 e. The predicted octanol–water partition coefficient (Wildman–Crippen LogP) is 4.64. The van der Waals surface area contributed by atoms with Crippen molar-refractivity contribution in [3.63, 3.8) is 0 Å². The fraction of sp³-hybridized carbons (Fsp3) is 0.200. The third kappa shape index (κ3) is 3.19. The summed E-state index contributed by atoms with van der Waals surface area (Å²) in [4.78, 5) is 16.2. The molecule has 0 bridgehead atoms. The molecule has 3 nitrogen and oxygen atoms in total. The Morgan fingerprint density at radius 1 is 1.25 bits per heavy atom. The van der Waals surface area contributed by atoms with Crippen molar-refractivity contribution in [2.24, 2.45) is 0 Å². The van der Waals surface area contributed by atoms with Gasteiger partial charge in [0, 0.05) is 10.6 Å². The predicted molar refractivity (Wildman–Crippen MR) is 83.4 cm³/mol. The molecular weight excluding hydrogens is 342 g/mol. The summed E-state index contributed by atoms with van der Waals surface area (Å²) in [5, 5.41) is 0.675. The average Bonchev–Trinajstić information content (AvgIpc) is 2.46. The summed E-state index contributed by atoms with van der Waals surface area (Å²) in [6.45, 7) is 1.92. The molecule has 1 heterocycles. The van der Waals surface area contributed by atoms with Crippen LogP contribution in [0, 0.1) is 0 Å². The number of carbonyl (C=O) groups excluding carboxylic acids is 1. The van der Waals surface area contributed by atoms with E-state index in [1.54, 1.807) is 12.1 Å². The Hall–Kier alpha value is -1.39. The molecule has 1 unspecified atom stereocenters. The van der Waals surface area contributed by atoms with Gasteiger partial charge in [-0.15, -0.1) is 0 Å². The van der Waals surface area contributed by atoms with Gasteiger partial charge in [0.25, 0.3) is 0 Å². The highest BCUT2D eigenvalue weighted by Gasteiger charge is 2.17. The van der Waals surface area contributed by atoms with Gasteiger partial charge in [0.2, 0.25) is 0 Å². The number of hydrogen-bond acceptors (Lipinski definition) is 3. The lowest BCUT2D eigenvalue weighted by molar-refractivity contribution is 0.0599. The topological polar surface area (TPSA) is 39.2 Å². The Morgan fingerprint density at radius 2 is 1.90 bits per heavy atom. The average molecular weight is 355 g/mol. The number of rotatable bonds is 3.